The minimum atomic E-state index is -0.250. The first-order chi connectivity index (χ1) is 7.22. The molecule has 1 fully saturated rings. The highest BCUT2D eigenvalue weighted by Gasteiger charge is 2.24. The van der Waals surface area contributed by atoms with Crippen LogP contribution in [0.3, 0.4) is 0 Å². The lowest BCUT2D eigenvalue weighted by Gasteiger charge is -2.20. The van der Waals surface area contributed by atoms with E-state index in [1.807, 2.05) is 4.90 Å². The second-order valence-electron chi connectivity index (χ2n) is 3.91. The standard InChI is InChI=1S/C11H14ClFN2/c12-9-2-1-3-10(13)11(9)15-5-4-8(6-14)7-15/h1-3,8H,4-7,14H2. The minimum absolute atomic E-state index is 0.250. The van der Waals surface area contributed by atoms with Crippen molar-refractivity contribution < 1.29 is 4.39 Å². The van der Waals surface area contributed by atoms with Gasteiger partial charge in [0.25, 0.3) is 0 Å². The summed E-state index contributed by atoms with van der Waals surface area (Å²) >= 11 is 5.99. The third-order valence-corrected chi connectivity index (χ3v) is 3.18. The van der Waals surface area contributed by atoms with Gasteiger partial charge in [0.2, 0.25) is 0 Å². The molecule has 0 aromatic heterocycles. The number of nitrogens with zero attached hydrogens (tertiary/aromatic N) is 1. The van der Waals surface area contributed by atoms with Gasteiger partial charge in [0, 0.05) is 13.1 Å². The highest BCUT2D eigenvalue weighted by Crippen LogP contribution is 2.32. The van der Waals surface area contributed by atoms with Crippen LogP contribution < -0.4 is 10.6 Å². The molecule has 1 saturated heterocycles. The molecule has 1 atom stereocenters. The maximum Gasteiger partial charge on any atom is 0.148 e. The fourth-order valence-corrected chi connectivity index (χ4v) is 2.30. The Morgan fingerprint density at radius 2 is 2.33 bits per heavy atom. The molecule has 2 nitrogen and oxygen atoms in total. The van der Waals surface area contributed by atoms with Gasteiger partial charge >= 0.3 is 0 Å². The Bertz CT molecular complexity index is 336. The molecular formula is C11H14ClFN2. The monoisotopic (exact) mass is 228 g/mol. The summed E-state index contributed by atoms with van der Waals surface area (Å²) < 4.78 is 13.6. The van der Waals surface area contributed by atoms with E-state index in [0.29, 0.717) is 23.2 Å². The van der Waals surface area contributed by atoms with Crippen molar-refractivity contribution in [3.05, 3.63) is 29.0 Å². The number of rotatable bonds is 2. The fraction of sp³-hybridized carbons (Fsp3) is 0.455. The van der Waals surface area contributed by atoms with E-state index in [1.54, 1.807) is 12.1 Å². The van der Waals surface area contributed by atoms with E-state index in [4.69, 9.17) is 17.3 Å². The molecule has 1 aromatic carbocycles. The van der Waals surface area contributed by atoms with Crippen molar-refractivity contribution in [2.75, 3.05) is 24.5 Å². The summed E-state index contributed by atoms with van der Waals surface area (Å²) in [6.07, 6.45) is 1.02. The van der Waals surface area contributed by atoms with Crippen molar-refractivity contribution in [2.24, 2.45) is 11.7 Å². The summed E-state index contributed by atoms with van der Waals surface area (Å²) in [5.41, 5.74) is 6.12. The number of anilines is 1. The van der Waals surface area contributed by atoms with Crippen LogP contribution in [0.1, 0.15) is 6.42 Å². The summed E-state index contributed by atoms with van der Waals surface area (Å²) in [6.45, 7) is 2.29. The van der Waals surface area contributed by atoms with Crippen LogP contribution in [0, 0.1) is 11.7 Å². The van der Waals surface area contributed by atoms with E-state index in [-0.39, 0.29) is 5.82 Å². The van der Waals surface area contributed by atoms with Crippen LogP contribution in [0.15, 0.2) is 18.2 Å². The van der Waals surface area contributed by atoms with Crippen molar-refractivity contribution in [2.45, 2.75) is 6.42 Å². The summed E-state index contributed by atoms with van der Waals surface area (Å²) in [5.74, 6) is 0.209. The Kier molecular flexibility index (Phi) is 3.12. The van der Waals surface area contributed by atoms with Gasteiger partial charge in [-0.2, -0.15) is 0 Å². The Balaban J connectivity index is 2.23. The topological polar surface area (TPSA) is 29.3 Å². The molecule has 0 aliphatic carbocycles. The Hall–Kier alpha value is -0.800. The van der Waals surface area contributed by atoms with E-state index in [0.717, 1.165) is 19.5 Å². The second-order valence-corrected chi connectivity index (χ2v) is 4.31. The van der Waals surface area contributed by atoms with Gasteiger partial charge in [-0.25, -0.2) is 4.39 Å². The summed E-state index contributed by atoms with van der Waals surface area (Å²) in [5, 5.41) is 0.479. The van der Waals surface area contributed by atoms with Crippen LogP contribution in [0.25, 0.3) is 0 Å². The lowest BCUT2D eigenvalue weighted by molar-refractivity contribution is 0.597. The quantitative estimate of drug-likeness (QED) is 0.842. The third-order valence-electron chi connectivity index (χ3n) is 2.87. The van der Waals surface area contributed by atoms with E-state index < -0.39 is 0 Å². The highest BCUT2D eigenvalue weighted by atomic mass is 35.5. The molecule has 82 valence electrons. The molecule has 1 heterocycles. The number of nitrogens with two attached hydrogens (primary N) is 1. The molecule has 0 bridgehead atoms. The van der Waals surface area contributed by atoms with Gasteiger partial charge in [-0.15, -0.1) is 0 Å². The molecular weight excluding hydrogens is 215 g/mol. The zero-order valence-electron chi connectivity index (χ0n) is 8.42. The van der Waals surface area contributed by atoms with Gasteiger partial charge in [-0.05, 0) is 31.0 Å². The smallest absolute Gasteiger partial charge is 0.148 e. The minimum Gasteiger partial charge on any atom is -0.368 e. The average Bonchev–Trinajstić information content (AvgIpc) is 2.66. The van der Waals surface area contributed by atoms with Crippen molar-refractivity contribution in [1.82, 2.24) is 0 Å². The molecule has 0 amide bonds. The van der Waals surface area contributed by atoms with Gasteiger partial charge in [0.05, 0.1) is 10.7 Å². The molecule has 2 rings (SSSR count). The molecule has 2 N–H and O–H groups in total. The number of para-hydroxylation sites is 1. The zero-order chi connectivity index (χ0) is 10.8. The zero-order valence-corrected chi connectivity index (χ0v) is 9.17. The van der Waals surface area contributed by atoms with Crippen molar-refractivity contribution in [3.63, 3.8) is 0 Å². The molecule has 4 heteroatoms. The van der Waals surface area contributed by atoms with Gasteiger partial charge in [0.1, 0.15) is 5.82 Å². The lowest BCUT2D eigenvalue weighted by Crippen LogP contribution is -2.23. The van der Waals surface area contributed by atoms with Crippen LogP contribution >= 0.6 is 11.6 Å². The summed E-state index contributed by atoms with van der Waals surface area (Å²) in [4.78, 5) is 1.98. The Labute approximate surface area is 93.8 Å². The predicted molar refractivity (Wildman–Crippen MR) is 60.8 cm³/mol. The first-order valence-electron chi connectivity index (χ1n) is 5.11. The first kappa shape index (κ1) is 10.7. The van der Waals surface area contributed by atoms with Crippen LogP contribution in [0.2, 0.25) is 5.02 Å². The first-order valence-corrected chi connectivity index (χ1v) is 5.49. The van der Waals surface area contributed by atoms with Gasteiger partial charge in [-0.1, -0.05) is 17.7 Å². The largest absolute Gasteiger partial charge is 0.368 e. The molecule has 1 aliphatic heterocycles. The molecule has 1 aliphatic rings. The second kappa shape index (κ2) is 4.37. The maximum atomic E-state index is 13.6. The summed E-state index contributed by atoms with van der Waals surface area (Å²) in [7, 11) is 0. The molecule has 0 saturated carbocycles. The highest BCUT2D eigenvalue weighted by molar-refractivity contribution is 6.33. The van der Waals surface area contributed by atoms with Crippen LogP contribution in [-0.4, -0.2) is 19.6 Å². The third kappa shape index (κ3) is 2.08. The van der Waals surface area contributed by atoms with Gasteiger partial charge < -0.3 is 10.6 Å². The predicted octanol–water partition coefficient (Wildman–Crippen LogP) is 2.26. The molecule has 1 aromatic rings. The van der Waals surface area contributed by atoms with Gasteiger partial charge in [-0.3, -0.25) is 0 Å². The van der Waals surface area contributed by atoms with E-state index in [1.165, 1.54) is 6.07 Å². The molecule has 15 heavy (non-hydrogen) atoms. The Morgan fingerprint density at radius 1 is 1.53 bits per heavy atom. The number of halogens is 2. The van der Waals surface area contributed by atoms with E-state index >= 15 is 0 Å². The van der Waals surface area contributed by atoms with Crippen LogP contribution in [0.4, 0.5) is 10.1 Å². The van der Waals surface area contributed by atoms with Crippen LogP contribution in [-0.2, 0) is 0 Å². The molecule has 0 spiro atoms. The van der Waals surface area contributed by atoms with Crippen LogP contribution in [0.5, 0.6) is 0 Å². The Morgan fingerprint density at radius 3 is 2.93 bits per heavy atom. The summed E-state index contributed by atoms with van der Waals surface area (Å²) in [6, 6.07) is 4.78. The maximum absolute atomic E-state index is 13.6. The SMILES string of the molecule is NCC1CCN(c2c(F)cccc2Cl)C1. The molecule has 0 radical (unpaired) electrons. The van der Waals surface area contributed by atoms with Gasteiger partial charge in [0.15, 0.2) is 0 Å². The number of hydrogen-bond donors (Lipinski definition) is 1. The number of hydrogen-bond acceptors (Lipinski definition) is 2. The fourth-order valence-electron chi connectivity index (χ4n) is 2.02. The van der Waals surface area contributed by atoms with E-state index in [9.17, 15) is 4.39 Å². The van der Waals surface area contributed by atoms with Crippen molar-refractivity contribution in [1.29, 1.82) is 0 Å². The average molecular weight is 229 g/mol. The lowest BCUT2D eigenvalue weighted by atomic mass is 10.1. The number of benzene rings is 1. The molecule has 1 unspecified atom stereocenters. The van der Waals surface area contributed by atoms with Crippen molar-refractivity contribution >= 4 is 17.3 Å². The normalized spacial score (nSPS) is 21.0. The van der Waals surface area contributed by atoms with E-state index in [2.05, 4.69) is 0 Å². The van der Waals surface area contributed by atoms with Crippen molar-refractivity contribution in [3.8, 4) is 0 Å².